The molecule has 1 heterocycles. The van der Waals surface area contributed by atoms with E-state index in [9.17, 15) is 9.59 Å². The third-order valence-electron chi connectivity index (χ3n) is 3.79. The molecule has 2 amide bonds. The highest BCUT2D eigenvalue weighted by Gasteiger charge is 2.29. The summed E-state index contributed by atoms with van der Waals surface area (Å²) in [6.45, 7) is 1.71. The fourth-order valence-corrected chi connectivity index (χ4v) is 2.92. The van der Waals surface area contributed by atoms with E-state index in [4.69, 9.17) is 16.3 Å². The molecule has 0 aliphatic carbocycles. The minimum atomic E-state index is -0.260. The first-order chi connectivity index (χ1) is 11.5. The molecule has 1 aliphatic rings. The van der Waals surface area contributed by atoms with Crippen molar-refractivity contribution in [3.8, 4) is 5.75 Å². The lowest BCUT2D eigenvalue weighted by molar-refractivity contribution is -0.121. The first-order valence-corrected chi connectivity index (χ1v) is 8.01. The molecule has 1 atom stereocenters. The Balaban J connectivity index is 1.81. The molecule has 24 heavy (non-hydrogen) atoms. The van der Waals surface area contributed by atoms with Gasteiger partial charge in [0, 0.05) is 17.5 Å². The summed E-state index contributed by atoms with van der Waals surface area (Å²) >= 11 is 5.92. The van der Waals surface area contributed by atoms with Crippen molar-refractivity contribution in [1.29, 1.82) is 0 Å². The first-order valence-electron chi connectivity index (χ1n) is 7.64. The molecule has 0 fully saturated rings. The molecule has 2 aromatic rings. The lowest BCUT2D eigenvalue weighted by Gasteiger charge is -2.27. The number of benzene rings is 2. The molecule has 2 aromatic carbocycles. The van der Waals surface area contributed by atoms with Crippen LogP contribution in [0.25, 0.3) is 0 Å². The minimum Gasteiger partial charge on any atom is -0.484 e. The molecular weight excluding hydrogens is 328 g/mol. The topological polar surface area (TPSA) is 58.6 Å². The number of amides is 2. The molecule has 0 spiro atoms. The lowest BCUT2D eigenvalue weighted by Crippen LogP contribution is -2.41. The molecule has 0 radical (unpaired) electrons. The van der Waals surface area contributed by atoms with Crippen LogP contribution in [0, 0.1) is 0 Å². The quantitative estimate of drug-likeness (QED) is 0.927. The molecule has 0 saturated carbocycles. The van der Waals surface area contributed by atoms with E-state index < -0.39 is 0 Å². The van der Waals surface area contributed by atoms with Gasteiger partial charge in [0.05, 0.1) is 11.4 Å². The third kappa shape index (κ3) is 3.51. The predicted molar refractivity (Wildman–Crippen MR) is 93.6 cm³/mol. The maximum Gasteiger partial charge on any atom is 0.265 e. The molecule has 1 N–H and O–H groups in total. The average molecular weight is 345 g/mol. The van der Waals surface area contributed by atoms with E-state index in [0.717, 1.165) is 0 Å². The van der Waals surface area contributed by atoms with Gasteiger partial charge in [0.25, 0.3) is 5.91 Å². The summed E-state index contributed by atoms with van der Waals surface area (Å²) in [4.78, 5) is 26.3. The second kappa shape index (κ2) is 6.93. The van der Waals surface area contributed by atoms with Gasteiger partial charge >= 0.3 is 0 Å². The van der Waals surface area contributed by atoms with Crippen molar-refractivity contribution in [3.05, 3.63) is 53.6 Å². The molecule has 0 saturated heterocycles. The number of carbonyl (C=O) groups excluding carboxylic acids is 2. The highest BCUT2D eigenvalue weighted by Crippen LogP contribution is 2.31. The largest absolute Gasteiger partial charge is 0.484 e. The van der Waals surface area contributed by atoms with Gasteiger partial charge in [-0.15, -0.1) is 0 Å². The van der Waals surface area contributed by atoms with Crippen molar-refractivity contribution in [2.24, 2.45) is 0 Å². The Morgan fingerprint density at radius 1 is 1.29 bits per heavy atom. The van der Waals surface area contributed by atoms with Gasteiger partial charge in [-0.05, 0) is 37.3 Å². The van der Waals surface area contributed by atoms with Crippen LogP contribution < -0.4 is 15.0 Å². The molecule has 5 nitrogen and oxygen atoms in total. The second-order valence-electron chi connectivity index (χ2n) is 5.63. The molecular formula is C18H17ClN2O3. The summed E-state index contributed by atoms with van der Waals surface area (Å²) in [6.07, 6.45) is 0.234. The molecule has 0 aromatic heterocycles. The van der Waals surface area contributed by atoms with Gasteiger partial charge in [-0.2, -0.15) is 0 Å². The van der Waals surface area contributed by atoms with Crippen LogP contribution in [-0.4, -0.2) is 24.5 Å². The Labute approximate surface area is 145 Å². The van der Waals surface area contributed by atoms with Gasteiger partial charge in [0.1, 0.15) is 5.75 Å². The van der Waals surface area contributed by atoms with Gasteiger partial charge in [-0.1, -0.05) is 29.8 Å². The van der Waals surface area contributed by atoms with Gasteiger partial charge < -0.3 is 15.0 Å². The van der Waals surface area contributed by atoms with Gasteiger partial charge in [0.2, 0.25) is 5.91 Å². The Morgan fingerprint density at radius 3 is 2.88 bits per heavy atom. The number of anilines is 2. The SMILES string of the molecule is CC1CC(=O)Nc2ccccc2N1C(=O)COc1cccc(Cl)c1. The van der Waals surface area contributed by atoms with Crippen LogP contribution >= 0.6 is 11.6 Å². The van der Waals surface area contributed by atoms with Crippen LogP contribution in [0.1, 0.15) is 13.3 Å². The van der Waals surface area contributed by atoms with E-state index >= 15 is 0 Å². The average Bonchev–Trinajstić information content (AvgIpc) is 2.67. The number of nitrogens with zero attached hydrogens (tertiary/aromatic N) is 1. The van der Waals surface area contributed by atoms with E-state index in [-0.39, 0.29) is 30.9 Å². The molecule has 1 unspecified atom stereocenters. The van der Waals surface area contributed by atoms with Crippen LogP contribution in [0.2, 0.25) is 5.02 Å². The number of hydrogen-bond donors (Lipinski definition) is 1. The normalized spacial score (nSPS) is 16.8. The Hall–Kier alpha value is -2.53. The summed E-state index contributed by atoms with van der Waals surface area (Å²) < 4.78 is 5.55. The van der Waals surface area contributed by atoms with E-state index in [1.165, 1.54) is 0 Å². The Morgan fingerprint density at radius 2 is 2.08 bits per heavy atom. The van der Waals surface area contributed by atoms with Crippen molar-refractivity contribution in [2.45, 2.75) is 19.4 Å². The number of rotatable bonds is 3. The number of carbonyl (C=O) groups is 2. The minimum absolute atomic E-state index is 0.110. The summed E-state index contributed by atoms with van der Waals surface area (Å²) in [5, 5.41) is 3.37. The van der Waals surface area contributed by atoms with Crippen molar-refractivity contribution < 1.29 is 14.3 Å². The van der Waals surface area contributed by atoms with Crippen LogP contribution in [0.4, 0.5) is 11.4 Å². The zero-order valence-electron chi connectivity index (χ0n) is 13.2. The summed E-state index contributed by atoms with van der Waals surface area (Å²) in [6, 6.07) is 13.9. The van der Waals surface area contributed by atoms with E-state index in [2.05, 4.69) is 5.32 Å². The zero-order chi connectivity index (χ0) is 17.1. The standard InChI is InChI=1S/C18H17ClN2O3/c1-12-9-17(22)20-15-7-2-3-8-16(15)21(12)18(23)11-24-14-6-4-5-13(19)10-14/h2-8,10,12H,9,11H2,1H3,(H,20,22). The van der Waals surface area contributed by atoms with Crippen molar-refractivity contribution in [1.82, 2.24) is 0 Å². The fourth-order valence-electron chi connectivity index (χ4n) is 2.74. The molecule has 3 rings (SSSR count). The molecule has 0 bridgehead atoms. The molecule has 6 heteroatoms. The maximum atomic E-state index is 12.7. The Kier molecular flexibility index (Phi) is 4.71. The highest BCUT2D eigenvalue weighted by atomic mass is 35.5. The number of para-hydroxylation sites is 2. The van der Waals surface area contributed by atoms with Crippen LogP contribution in [0.5, 0.6) is 5.75 Å². The smallest absolute Gasteiger partial charge is 0.265 e. The van der Waals surface area contributed by atoms with Crippen LogP contribution in [0.15, 0.2) is 48.5 Å². The zero-order valence-corrected chi connectivity index (χ0v) is 13.9. The first kappa shape index (κ1) is 16.3. The molecule has 124 valence electrons. The van der Waals surface area contributed by atoms with E-state index in [1.807, 2.05) is 25.1 Å². The van der Waals surface area contributed by atoms with E-state index in [0.29, 0.717) is 22.1 Å². The lowest BCUT2D eigenvalue weighted by atomic mass is 10.1. The van der Waals surface area contributed by atoms with Crippen LogP contribution in [-0.2, 0) is 9.59 Å². The monoisotopic (exact) mass is 344 g/mol. The number of ether oxygens (including phenoxy) is 1. The maximum absolute atomic E-state index is 12.7. The number of nitrogens with one attached hydrogen (secondary N) is 1. The second-order valence-corrected chi connectivity index (χ2v) is 6.06. The van der Waals surface area contributed by atoms with Crippen molar-refractivity contribution >= 4 is 34.8 Å². The number of fused-ring (bicyclic) bond motifs is 1. The number of hydrogen-bond acceptors (Lipinski definition) is 3. The summed E-state index contributed by atoms with van der Waals surface area (Å²) in [5.41, 5.74) is 1.30. The van der Waals surface area contributed by atoms with Crippen LogP contribution in [0.3, 0.4) is 0 Å². The highest BCUT2D eigenvalue weighted by molar-refractivity contribution is 6.30. The van der Waals surface area contributed by atoms with Gasteiger partial charge in [-0.25, -0.2) is 0 Å². The Bertz CT molecular complexity index is 778. The summed E-state index contributed by atoms with van der Waals surface area (Å²) in [5.74, 6) is 0.202. The molecule has 1 aliphatic heterocycles. The van der Waals surface area contributed by atoms with Crippen molar-refractivity contribution in [3.63, 3.8) is 0 Å². The fraction of sp³-hybridized carbons (Fsp3) is 0.222. The van der Waals surface area contributed by atoms with E-state index in [1.54, 1.807) is 35.2 Å². The summed E-state index contributed by atoms with van der Waals surface area (Å²) in [7, 11) is 0. The third-order valence-corrected chi connectivity index (χ3v) is 4.02. The van der Waals surface area contributed by atoms with Gasteiger partial charge in [-0.3, -0.25) is 9.59 Å². The number of halogens is 1. The predicted octanol–water partition coefficient (Wildman–Crippen LogP) is 3.48. The van der Waals surface area contributed by atoms with Gasteiger partial charge in [0.15, 0.2) is 6.61 Å². The van der Waals surface area contributed by atoms with Crippen molar-refractivity contribution in [2.75, 3.05) is 16.8 Å².